The number of carbonyl (C=O) groups excluding carboxylic acids is 1. The molecule has 0 bridgehead atoms. The Morgan fingerprint density at radius 3 is 2.45 bits per heavy atom. The molecule has 0 aliphatic heterocycles. The number of carboxylic acids is 1. The molecule has 8 heteroatoms. The maximum atomic E-state index is 12.6. The largest absolute Gasteiger partial charge is 0.481 e. The smallest absolute Gasteiger partial charge is 0.416 e. The van der Waals surface area contributed by atoms with Gasteiger partial charge in [-0.3, -0.25) is 9.59 Å². The second-order valence-corrected chi connectivity index (χ2v) is 4.42. The maximum absolute atomic E-state index is 12.6. The summed E-state index contributed by atoms with van der Waals surface area (Å²) in [4.78, 5) is 21.9. The lowest BCUT2D eigenvalue weighted by Crippen LogP contribution is -2.25. The summed E-state index contributed by atoms with van der Waals surface area (Å²) in [6, 6.07) is 2.53. The fourth-order valence-electron chi connectivity index (χ4n) is 1.43. The molecule has 110 valence electrons. The monoisotopic (exact) mass is 309 g/mol. The van der Waals surface area contributed by atoms with Crippen molar-refractivity contribution in [3.63, 3.8) is 0 Å². The van der Waals surface area contributed by atoms with Crippen LogP contribution in [0.4, 0.5) is 13.2 Å². The summed E-state index contributed by atoms with van der Waals surface area (Å²) in [5.74, 6) is -1.75. The summed E-state index contributed by atoms with van der Waals surface area (Å²) in [6.07, 6.45) is -4.54. The minimum atomic E-state index is -4.59. The van der Waals surface area contributed by atoms with E-state index in [9.17, 15) is 22.8 Å². The van der Waals surface area contributed by atoms with Crippen LogP contribution in [0.5, 0.6) is 0 Å². The van der Waals surface area contributed by atoms with Gasteiger partial charge in [0.1, 0.15) is 0 Å². The molecule has 0 radical (unpaired) electrons. The Morgan fingerprint density at radius 1 is 1.25 bits per heavy atom. The molecule has 0 saturated carbocycles. The number of nitrogens with one attached hydrogen (secondary N) is 1. The van der Waals surface area contributed by atoms with Gasteiger partial charge in [0, 0.05) is 23.6 Å². The van der Waals surface area contributed by atoms with E-state index in [1.165, 1.54) is 0 Å². The minimum Gasteiger partial charge on any atom is -0.481 e. The van der Waals surface area contributed by atoms with Crippen LogP contribution in [-0.4, -0.2) is 23.5 Å². The van der Waals surface area contributed by atoms with Gasteiger partial charge in [-0.1, -0.05) is 11.6 Å². The molecule has 1 amide bonds. The molecule has 1 aromatic carbocycles. The number of halogens is 4. The Bertz CT molecular complexity index is 517. The Labute approximate surface area is 117 Å². The predicted molar refractivity (Wildman–Crippen MR) is 65.7 cm³/mol. The molecule has 0 heterocycles. The maximum Gasteiger partial charge on any atom is 0.416 e. The van der Waals surface area contributed by atoms with E-state index in [1.54, 1.807) is 0 Å². The fraction of sp³-hybridized carbons (Fsp3) is 0.333. The summed E-state index contributed by atoms with van der Waals surface area (Å²) in [7, 11) is 0. The number of carboxylic acid groups (broad SMARTS) is 1. The molecule has 1 rings (SSSR count). The molecule has 0 aliphatic carbocycles. The van der Waals surface area contributed by atoms with Crippen molar-refractivity contribution in [1.29, 1.82) is 0 Å². The molecule has 0 aromatic heterocycles. The van der Waals surface area contributed by atoms with Crippen molar-refractivity contribution in [2.24, 2.45) is 0 Å². The Balaban J connectivity index is 2.73. The van der Waals surface area contributed by atoms with Crippen LogP contribution in [0.15, 0.2) is 18.2 Å². The second-order valence-electron chi connectivity index (χ2n) is 3.98. The van der Waals surface area contributed by atoms with E-state index >= 15 is 0 Å². The van der Waals surface area contributed by atoms with E-state index in [2.05, 4.69) is 5.32 Å². The number of alkyl halides is 3. The number of amides is 1. The van der Waals surface area contributed by atoms with E-state index in [4.69, 9.17) is 16.7 Å². The molecule has 0 fully saturated rings. The standard InChI is InChI=1S/C12H11ClF3NO3/c13-9-5-7(4-8(6-9)12(14,15)16)11(20)17-3-1-2-10(18)19/h4-6H,1-3H2,(H,17,20)(H,18,19). The number of carbonyl (C=O) groups is 2. The Morgan fingerprint density at radius 2 is 1.90 bits per heavy atom. The first-order valence-electron chi connectivity index (χ1n) is 5.58. The number of rotatable bonds is 5. The first kappa shape index (κ1) is 16.3. The van der Waals surface area contributed by atoms with Crippen molar-refractivity contribution in [3.05, 3.63) is 34.3 Å². The van der Waals surface area contributed by atoms with Crippen molar-refractivity contribution in [1.82, 2.24) is 5.32 Å². The van der Waals surface area contributed by atoms with Crippen molar-refractivity contribution in [2.45, 2.75) is 19.0 Å². The summed E-state index contributed by atoms with van der Waals surface area (Å²) >= 11 is 5.55. The van der Waals surface area contributed by atoms with Crippen LogP contribution in [-0.2, 0) is 11.0 Å². The van der Waals surface area contributed by atoms with Crippen molar-refractivity contribution in [2.75, 3.05) is 6.54 Å². The fourth-order valence-corrected chi connectivity index (χ4v) is 1.66. The minimum absolute atomic E-state index is 0.0546. The number of hydrogen-bond acceptors (Lipinski definition) is 2. The van der Waals surface area contributed by atoms with Gasteiger partial charge in [-0.25, -0.2) is 0 Å². The van der Waals surface area contributed by atoms with E-state index in [1.807, 2.05) is 0 Å². The molecule has 0 spiro atoms. The zero-order valence-electron chi connectivity index (χ0n) is 10.1. The van der Waals surface area contributed by atoms with Crippen LogP contribution in [0.25, 0.3) is 0 Å². The zero-order chi connectivity index (χ0) is 15.3. The highest BCUT2D eigenvalue weighted by atomic mass is 35.5. The molecular weight excluding hydrogens is 299 g/mol. The average molecular weight is 310 g/mol. The predicted octanol–water partition coefficient (Wildman–Crippen LogP) is 2.95. The zero-order valence-corrected chi connectivity index (χ0v) is 10.9. The van der Waals surface area contributed by atoms with Crippen molar-refractivity contribution >= 4 is 23.5 Å². The lowest BCUT2D eigenvalue weighted by atomic mass is 10.1. The van der Waals surface area contributed by atoms with Crippen LogP contribution in [0.3, 0.4) is 0 Å². The van der Waals surface area contributed by atoms with Crippen LogP contribution in [0, 0.1) is 0 Å². The molecule has 2 N–H and O–H groups in total. The van der Waals surface area contributed by atoms with E-state index in [0.717, 1.165) is 12.1 Å². The van der Waals surface area contributed by atoms with Gasteiger partial charge in [0.15, 0.2) is 0 Å². The summed E-state index contributed by atoms with van der Waals surface area (Å²) in [5, 5.41) is 10.5. The summed E-state index contributed by atoms with van der Waals surface area (Å²) in [5.41, 5.74) is -1.24. The van der Waals surface area contributed by atoms with Gasteiger partial charge in [0.2, 0.25) is 0 Å². The van der Waals surface area contributed by atoms with Crippen molar-refractivity contribution < 1.29 is 27.9 Å². The lowest BCUT2D eigenvalue weighted by Gasteiger charge is -2.10. The molecule has 4 nitrogen and oxygen atoms in total. The third-order valence-corrected chi connectivity index (χ3v) is 2.56. The number of benzene rings is 1. The van der Waals surface area contributed by atoms with Crippen LogP contribution in [0.1, 0.15) is 28.8 Å². The van der Waals surface area contributed by atoms with E-state index < -0.39 is 23.6 Å². The molecule has 1 aromatic rings. The van der Waals surface area contributed by atoms with Gasteiger partial charge in [-0.15, -0.1) is 0 Å². The molecule has 0 aliphatic rings. The highest BCUT2D eigenvalue weighted by Gasteiger charge is 2.31. The first-order valence-corrected chi connectivity index (χ1v) is 5.95. The van der Waals surface area contributed by atoms with Gasteiger partial charge in [-0.2, -0.15) is 13.2 Å². The summed E-state index contributed by atoms with van der Waals surface area (Å²) in [6.45, 7) is 0.0546. The average Bonchev–Trinajstić information content (AvgIpc) is 2.32. The Kier molecular flexibility index (Phi) is 5.38. The van der Waals surface area contributed by atoms with Gasteiger partial charge >= 0.3 is 12.1 Å². The molecular formula is C12H11ClF3NO3. The highest BCUT2D eigenvalue weighted by Crippen LogP contribution is 2.31. The quantitative estimate of drug-likeness (QED) is 0.822. The highest BCUT2D eigenvalue weighted by molar-refractivity contribution is 6.31. The van der Waals surface area contributed by atoms with Crippen LogP contribution >= 0.6 is 11.6 Å². The van der Waals surface area contributed by atoms with Crippen LogP contribution in [0.2, 0.25) is 5.02 Å². The van der Waals surface area contributed by atoms with E-state index in [-0.39, 0.29) is 30.0 Å². The van der Waals surface area contributed by atoms with Gasteiger partial charge in [-0.05, 0) is 24.6 Å². The molecule has 0 saturated heterocycles. The molecule has 0 unspecified atom stereocenters. The summed E-state index contributed by atoms with van der Waals surface area (Å²) < 4.78 is 37.7. The Hall–Kier alpha value is -1.76. The SMILES string of the molecule is O=C(O)CCCNC(=O)c1cc(Cl)cc(C(F)(F)F)c1. The van der Waals surface area contributed by atoms with Gasteiger partial charge < -0.3 is 10.4 Å². The molecule has 20 heavy (non-hydrogen) atoms. The number of aliphatic carboxylic acids is 1. The van der Waals surface area contributed by atoms with Crippen molar-refractivity contribution in [3.8, 4) is 0 Å². The van der Waals surface area contributed by atoms with Gasteiger partial charge in [0.05, 0.1) is 5.56 Å². The third kappa shape index (κ3) is 5.08. The molecule has 0 atom stereocenters. The topological polar surface area (TPSA) is 66.4 Å². The number of hydrogen-bond donors (Lipinski definition) is 2. The van der Waals surface area contributed by atoms with Crippen LogP contribution < -0.4 is 5.32 Å². The second kappa shape index (κ2) is 6.60. The van der Waals surface area contributed by atoms with Gasteiger partial charge in [0.25, 0.3) is 5.91 Å². The third-order valence-electron chi connectivity index (χ3n) is 2.34. The van der Waals surface area contributed by atoms with E-state index in [0.29, 0.717) is 6.07 Å². The lowest BCUT2D eigenvalue weighted by molar-refractivity contribution is -0.138. The first-order chi connectivity index (χ1) is 9.20. The normalized spacial score (nSPS) is 11.2.